The first-order chi connectivity index (χ1) is 13.2. The number of hydrogen-bond donors (Lipinski definition) is 1. The van der Waals surface area contributed by atoms with Crippen LogP contribution in [0.1, 0.15) is 6.42 Å². The van der Waals surface area contributed by atoms with Crippen molar-refractivity contribution in [3.8, 4) is 17.0 Å². The van der Waals surface area contributed by atoms with Crippen LogP contribution < -0.4 is 10.1 Å². The van der Waals surface area contributed by atoms with Gasteiger partial charge in [0, 0.05) is 42.6 Å². The molecule has 0 bridgehead atoms. The fourth-order valence-electron chi connectivity index (χ4n) is 2.71. The summed E-state index contributed by atoms with van der Waals surface area (Å²) >= 11 is 0. The number of carbonyl (C=O) groups excluding carboxylic acids is 1. The summed E-state index contributed by atoms with van der Waals surface area (Å²) in [6, 6.07) is 12.9. The number of halogens is 1. The van der Waals surface area contributed by atoms with E-state index in [0.29, 0.717) is 35.8 Å². The Morgan fingerprint density at radius 1 is 1.19 bits per heavy atom. The van der Waals surface area contributed by atoms with E-state index in [0.717, 1.165) is 0 Å². The number of carbonyl (C=O) groups is 1. The minimum atomic E-state index is -0.409. The van der Waals surface area contributed by atoms with E-state index in [9.17, 15) is 9.18 Å². The Morgan fingerprint density at radius 3 is 2.74 bits per heavy atom. The summed E-state index contributed by atoms with van der Waals surface area (Å²) in [6.45, 7) is 0.573. The highest BCUT2D eigenvalue weighted by molar-refractivity contribution is 5.88. The molecular formula is C19H16FN5O2. The highest BCUT2D eigenvalue weighted by atomic mass is 19.1. The van der Waals surface area contributed by atoms with E-state index in [1.807, 2.05) is 0 Å². The molecule has 0 aliphatic carbocycles. The highest BCUT2D eigenvalue weighted by Crippen LogP contribution is 2.26. The topological polar surface area (TPSA) is 80.2 Å². The number of hydrogen-bond acceptors (Lipinski definition) is 5. The number of likely N-dealkylation sites (tertiary alicyclic amines) is 1. The van der Waals surface area contributed by atoms with E-state index in [1.165, 1.54) is 12.3 Å². The predicted octanol–water partition coefficient (Wildman–Crippen LogP) is 3.32. The van der Waals surface area contributed by atoms with Crippen LogP contribution in [0.2, 0.25) is 0 Å². The summed E-state index contributed by atoms with van der Waals surface area (Å²) < 4.78 is 19.6. The Hall–Kier alpha value is -3.55. The molecule has 3 aromatic rings. The molecule has 0 saturated carbocycles. The number of nitrogens with one attached hydrogen (secondary N) is 1. The first kappa shape index (κ1) is 16.9. The Balaban J connectivity index is 1.39. The molecule has 1 fully saturated rings. The van der Waals surface area contributed by atoms with Crippen molar-refractivity contribution in [2.45, 2.75) is 12.6 Å². The van der Waals surface area contributed by atoms with Crippen LogP contribution in [0.25, 0.3) is 11.1 Å². The van der Waals surface area contributed by atoms with Gasteiger partial charge in [-0.3, -0.25) is 10.2 Å². The SMILES string of the molecule is O=C(Nc1cccnn1)N1CCC1Oc1ccc(-c2ccccc2F)cn1. The second-order valence-electron chi connectivity index (χ2n) is 5.96. The van der Waals surface area contributed by atoms with Gasteiger partial charge in [0.15, 0.2) is 12.0 Å². The van der Waals surface area contributed by atoms with Gasteiger partial charge in [0.1, 0.15) is 5.82 Å². The Morgan fingerprint density at radius 2 is 2.07 bits per heavy atom. The molecule has 2 amide bonds. The van der Waals surface area contributed by atoms with E-state index >= 15 is 0 Å². The molecule has 1 atom stereocenters. The number of pyridine rings is 1. The number of aromatic nitrogens is 3. The molecule has 27 heavy (non-hydrogen) atoms. The fraction of sp³-hybridized carbons (Fsp3) is 0.158. The third-order valence-corrected chi connectivity index (χ3v) is 4.21. The largest absolute Gasteiger partial charge is 0.453 e. The predicted molar refractivity (Wildman–Crippen MR) is 96.4 cm³/mol. The molecule has 1 aromatic carbocycles. The number of amides is 2. The summed E-state index contributed by atoms with van der Waals surface area (Å²) in [5.74, 6) is 0.441. The number of nitrogens with zero attached hydrogens (tertiary/aromatic N) is 4. The second-order valence-corrected chi connectivity index (χ2v) is 5.96. The second kappa shape index (κ2) is 7.36. The quantitative estimate of drug-likeness (QED) is 0.767. The first-order valence-corrected chi connectivity index (χ1v) is 8.43. The van der Waals surface area contributed by atoms with Crippen molar-refractivity contribution >= 4 is 11.8 Å². The van der Waals surface area contributed by atoms with Gasteiger partial charge in [0.2, 0.25) is 5.88 Å². The Labute approximate surface area is 154 Å². The van der Waals surface area contributed by atoms with Crippen molar-refractivity contribution in [2.75, 3.05) is 11.9 Å². The first-order valence-electron chi connectivity index (χ1n) is 8.43. The molecule has 4 rings (SSSR count). The lowest BCUT2D eigenvalue weighted by molar-refractivity contribution is -0.0201. The lowest BCUT2D eigenvalue weighted by Gasteiger charge is -2.39. The lowest BCUT2D eigenvalue weighted by atomic mass is 10.1. The molecule has 1 aliphatic heterocycles. The molecule has 3 heterocycles. The zero-order valence-electron chi connectivity index (χ0n) is 14.2. The average molecular weight is 365 g/mol. The van der Waals surface area contributed by atoms with E-state index < -0.39 is 6.23 Å². The van der Waals surface area contributed by atoms with Crippen LogP contribution in [-0.2, 0) is 0 Å². The lowest BCUT2D eigenvalue weighted by Crippen LogP contribution is -2.55. The fourth-order valence-corrected chi connectivity index (χ4v) is 2.71. The molecule has 2 aromatic heterocycles. The number of rotatable bonds is 4. The maximum atomic E-state index is 13.8. The molecular weight excluding hydrogens is 349 g/mol. The van der Waals surface area contributed by atoms with Gasteiger partial charge in [0.05, 0.1) is 0 Å². The van der Waals surface area contributed by atoms with Crippen LogP contribution in [0.5, 0.6) is 5.88 Å². The Kier molecular flexibility index (Phi) is 4.61. The van der Waals surface area contributed by atoms with E-state index in [1.54, 1.807) is 53.6 Å². The van der Waals surface area contributed by atoms with Gasteiger partial charge in [-0.15, -0.1) is 5.10 Å². The summed E-state index contributed by atoms with van der Waals surface area (Å²) in [7, 11) is 0. The van der Waals surface area contributed by atoms with Gasteiger partial charge in [-0.25, -0.2) is 14.2 Å². The molecule has 1 unspecified atom stereocenters. The van der Waals surface area contributed by atoms with E-state index in [4.69, 9.17) is 4.74 Å². The van der Waals surface area contributed by atoms with Crippen LogP contribution in [0.15, 0.2) is 60.9 Å². The van der Waals surface area contributed by atoms with E-state index in [-0.39, 0.29) is 11.8 Å². The molecule has 0 spiro atoms. The van der Waals surface area contributed by atoms with Crippen LogP contribution in [0, 0.1) is 5.82 Å². The molecule has 0 radical (unpaired) electrons. The van der Waals surface area contributed by atoms with Crippen molar-refractivity contribution in [3.63, 3.8) is 0 Å². The smallest absolute Gasteiger partial charge is 0.325 e. The molecule has 1 N–H and O–H groups in total. The van der Waals surface area contributed by atoms with Crippen molar-refractivity contribution in [1.29, 1.82) is 0 Å². The van der Waals surface area contributed by atoms with Gasteiger partial charge in [0.25, 0.3) is 0 Å². The highest BCUT2D eigenvalue weighted by Gasteiger charge is 2.34. The average Bonchev–Trinajstić information content (AvgIpc) is 2.67. The van der Waals surface area contributed by atoms with Crippen LogP contribution in [-0.4, -0.2) is 38.9 Å². The molecule has 1 saturated heterocycles. The minimum Gasteiger partial charge on any atom is -0.453 e. The third-order valence-electron chi connectivity index (χ3n) is 4.21. The maximum absolute atomic E-state index is 13.8. The van der Waals surface area contributed by atoms with Gasteiger partial charge in [-0.2, -0.15) is 5.10 Å². The van der Waals surface area contributed by atoms with E-state index in [2.05, 4.69) is 20.5 Å². The normalized spacial score (nSPS) is 15.7. The zero-order valence-corrected chi connectivity index (χ0v) is 14.2. The van der Waals surface area contributed by atoms with Gasteiger partial charge in [-0.1, -0.05) is 18.2 Å². The van der Waals surface area contributed by atoms with Crippen molar-refractivity contribution in [1.82, 2.24) is 20.1 Å². The molecule has 136 valence electrons. The van der Waals surface area contributed by atoms with Gasteiger partial charge >= 0.3 is 6.03 Å². The molecule has 8 heteroatoms. The van der Waals surface area contributed by atoms with Crippen molar-refractivity contribution in [2.24, 2.45) is 0 Å². The zero-order chi connectivity index (χ0) is 18.6. The molecule has 7 nitrogen and oxygen atoms in total. The van der Waals surface area contributed by atoms with Gasteiger partial charge in [-0.05, 0) is 24.3 Å². The number of anilines is 1. The monoisotopic (exact) mass is 365 g/mol. The maximum Gasteiger partial charge on any atom is 0.325 e. The minimum absolute atomic E-state index is 0.307. The standard InChI is InChI=1S/C19H16FN5O2/c20-15-5-2-1-4-14(15)13-7-8-17(21-12-13)27-18-9-11-25(18)19(26)23-16-6-3-10-22-24-16/h1-8,10,12,18H,9,11H2,(H,23,24,26). The number of benzene rings is 1. The summed E-state index contributed by atoms with van der Waals surface area (Å²) in [4.78, 5) is 18.0. The van der Waals surface area contributed by atoms with Crippen LogP contribution in [0.4, 0.5) is 15.0 Å². The van der Waals surface area contributed by atoms with Gasteiger partial charge < -0.3 is 4.74 Å². The summed E-state index contributed by atoms with van der Waals surface area (Å²) in [6.07, 6.45) is 3.37. The van der Waals surface area contributed by atoms with Crippen molar-refractivity contribution in [3.05, 3.63) is 66.7 Å². The van der Waals surface area contributed by atoms with Crippen molar-refractivity contribution < 1.29 is 13.9 Å². The third kappa shape index (κ3) is 3.69. The number of ether oxygens (including phenoxy) is 1. The Bertz CT molecular complexity index is 936. The molecule has 1 aliphatic rings. The summed E-state index contributed by atoms with van der Waals surface area (Å²) in [5, 5.41) is 10.2. The summed E-state index contributed by atoms with van der Waals surface area (Å²) in [5.41, 5.74) is 1.14. The van der Waals surface area contributed by atoms with Crippen LogP contribution >= 0.6 is 0 Å². The number of urea groups is 1. The van der Waals surface area contributed by atoms with Crippen LogP contribution in [0.3, 0.4) is 0 Å².